The molecule has 15 heteroatoms. The van der Waals surface area contributed by atoms with Crippen LogP contribution in [0.15, 0.2) is 35.3 Å². The fourth-order valence-corrected chi connectivity index (χ4v) is 4.15. The molecular formula is C26H34N4O11. The molecule has 3 rings (SSSR count). The Balaban J connectivity index is 1.32. The fourth-order valence-electron chi connectivity index (χ4n) is 4.15. The number of nitrogens with one attached hydrogen (secondary N) is 2. The second-order valence-corrected chi connectivity index (χ2v) is 9.44. The zero-order chi connectivity index (χ0) is 30.2. The quantitative estimate of drug-likeness (QED) is 0.121. The first kappa shape index (κ1) is 31.6. The molecule has 5 N–H and O–H groups in total. The summed E-state index contributed by atoms with van der Waals surface area (Å²) in [5.74, 6) is -1.22. The second kappa shape index (κ2) is 14.1. The third kappa shape index (κ3) is 8.08. The van der Waals surface area contributed by atoms with Crippen molar-refractivity contribution in [1.29, 1.82) is 0 Å². The first-order chi connectivity index (χ1) is 19.4. The summed E-state index contributed by atoms with van der Waals surface area (Å²) in [5, 5.41) is 34.9. The van der Waals surface area contributed by atoms with Crippen LogP contribution in [0, 0.1) is 13.8 Å². The van der Waals surface area contributed by atoms with Gasteiger partial charge in [0.25, 0.3) is 0 Å². The molecule has 15 nitrogen and oxygen atoms in total. The molecule has 0 radical (unpaired) electrons. The number of carbonyl (C=O) groups is 3. The smallest absolute Gasteiger partial charge is 0.412 e. The van der Waals surface area contributed by atoms with Gasteiger partial charge in [-0.3, -0.25) is 14.7 Å². The topological polar surface area (TPSA) is 208 Å². The van der Waals surface area contributed by atoms with Crippen molar-refractivity contribution in [3.63, 3.8) is 0 Å². The van der Waals surface area contributed by atoms with E-state index in [1.807, 2.05) is 6.07 Å². The Morgan fingerprint density at radius 2 is 1.78 bits per heavy atom. The molecule has 41 heavy (non-hydrogen) atoms. The van der Waals surface area contributed by atoms with E-state index in [1.165, 1.54) is 19.2 Å². The minimum absolute atomic E-state index is 0.0989. The van der Waals surface area contributed by atoms with Gasteiger partial charge in [0.15, 0.2) is 6.23 Å². The molecule has 0 bridgehead atoms. The Morgan fingerprint density at radius 1 is 1.10 bits per heavy atom. The first-order valence-corrected chi connectivity index (χ1v) is 12.7. The van der Waals surface area contributed by atoms with Gasteiger partial charge in [-0.15, -0.1) is 0 Å². The van der Waals surface area contributed by atoms with Crippen LogP contribution in [-0.2, 0) is 23.7 Å². The Morgan fingerprint density at radius 3 is 2.41 bits per heavy atom. The van der Waals surface area contributed by atoms with E-state index in [0.29, 0.717) is 5.56 Å². The molecule has 0 saturated carbocycles. The fraction of sp³-hybridized carbons (Fsp3) is 0.500. The van der Waals surface area contributed by atoms with E-state index in [4.69, 9.17) is 18.9 Å². The summed E-state index contributed by atoms with van der Waals surface area (Å²) < 4.78 is 21.4. The standard InChI is InChI=1S/C26H34N4O11/c1-15-5-4-6-16(2)20(15)22(34)39-12-11-38-19(32)13-27-8-10-40-25(36)29-18-7-9-30(24(35)28-18)23-26(3,37)21(33)17(14-31)41-23/h4-7,9,17,21,23,27,31,33,37H,8,10-14H2,1-3H3,(H,28,29,35,36)/t17-,21-,23-,26-/m1/s1. The van der Waals surface area contributed by atoms with Gasteiger partial charge in [0.1, 0.15) is 43.4 Å². The van der Waals surface area contributed by atoms with E-state index < -0.39 is 54.4 Å². The number of benzene rings is 1. The van der Waals surface area contributed by atoms with Gasteiger partial charge >= 0.3 is 23.7 Å². The number of ether oxygens (including phenoxy) is 4. The van der Waals surface area contributed by atoms with Gasteiger partial charge in [0.2, 0.25) is 0 Å². The lowest BCUT2D eigenvalue weighted by Gasteiger charge is -2.27. The van der Waals surface area contributed by atoms with Gasteiger partial charge in [-0.2, -0.15) is 4.98 Å². The molecule has 0 spiro atoms. The number of aryl methyl sites for hydroxylation is 2. The molecule has 1 aliphatic heterocycles. The number of carbonyl (C=O) groups excluding carboxylic acids is 3. The van der Waals surface area contributed by atoms with Crippen LogP contribution in [0.1, 0.15) is 34.6 Å². The number of esters is 2. The molecule has 1 aliphatic rings. The molecule has 1 aromatic heterocycles. The van der Waals surface area contributed by atoms with Crippen LogP contribution in [0.3, 0.4) is 0 Å². The lowest BCUT2D eigenvalue weighted by atomic mass is 9.96. The molecular weight excluding hydrogens is 544 g/mol. The van der Waals surface area contributed by atoms with E-state index in [2.05, 4.69) is 15.6 Å². The van der Waals surface area contributed by atoms with E-state index in [-0.39, 0.29) is 38.7 Å². The number of aliphatic hydroxyl groups is 3. The second-order valence-electron chi connectivity index (χ2n) is 9.44. The third-order valence-electron chi connectivity index (χ3n) is 6.29. The van der Waals surface area contributed by atoms with Crippen molar-refractivity contribution in [2.24, 2.45) is 0 Å². The number of aliphatic hydroxyl groups excluding tert-OH is 2. The maximum Gasteiger partial charge on any atom is 0.412 e. The number of nitrogens with zero attached hydrogens (tertiary/aromatic N) is 2. The zero-order valence-electron chi connectivity index (χ0n) is 22.9. The predicted octanol–water partition coefficient (Wildman–Crippen LogP) is -0.600. The van der Waals surface area contributed by atoms with Crippen LogP contribution in [0.2, 0.25) is 0 Å². The average Bonchev–Trinajstić information content (AvgIpc) is 3.14. The maximum atomic E-state index is 12.4. The normalized spacial score (nSPS) is 21.8. The van der Waals surface area contributed by atoms with Crippen LogP contribution < -0.4 is 16.3 Å². The van der Waals surface area contributed by atoms with Crippen LogP contribution >= 0.6 is 0 Å². The van der Waals surface area contributed by atoms with E-state index in [1.54, 1.807) is 26.0 Å². The van der Waals surface area contributed by atoms with Crippen molar-refractivity contribution < 1.29 is 48.7 Å². The summed E-state index contributed by atoms with van der Waals surface area (Å²) in [4.78, 5) is 52.1. The lowest BCUT2D eigenvalue weighted by Crippen LogP contribution is -2.46. The van der Waals surface area contributed by atoms with Crippen molar-refractivity contribution in [2.45, 2.75) is 44.8 Å². The summed E-state index contributed by atoms with van der Waals surface area (Å²) in [5.41, 5.74) is -0.701. The van der Waals surface area contributed by atoms with Crippen LogP contribution in [0.4, 0.5) is 10.6 Å². The van der Waals surface area contributed by atoms with Gasteiger partial charge in [-0.25, -0.2) is 14.4 Å². The molecule has 1 fully saturated rings. The minimum atomic E-state index is -1.88. The number of hydrogen-bond donors (Lipinski definition) is 5. The van der Waals surface area contributed by atoms with Crippen molar-refractivity contribution in [2.75, 3.05) is 44.8 Å². The van der Waals surface area contributed by atoms with Crippen LogP contribution in [0.25, 0.3) is 0 Å². The summed E-state index contributed by atoms with van der Waals surface area (Å²) in [6.07, 6.45) is -3.56. The molecule has 2 heterocycles. The van der Waals surface area contributed by atoms with Gasteiger partial charge in [-0.05, 0) is 38.0 Å². The minimum Gasteiger partial charge on any atom is -0.461 e. The summed E-state index contributed by atoms with van der Waals surface area (Å²) >= 11 is 0. The highest BCUT2D eigenvalue weighted by Gasteiger charge is 2.53. The summed E-state index contributed by atoms with van der Waals surface area (Å²) in [6, 6.07) is 6.71. The number of amides is 1. The molecule has 1 aromatic carbocycles. The van der Waals surface area contributed by atoms with Crippen LogP contribution in [0.5, 0.6) is 0 Å². The number of rotatable bonds is 12. The predicted molar refractivity (Wildman–Crippen MR) is 141 cm³/mol. The molecule has 0 aliphatic carbocycles. The molecule has 4 atom stereocenters. The largest absolute Gasteiger partial charge is 0.461 e. The Labute approximate surface area is 235 Å². The zero-order valence-corrected chi connectivity index (χ0v) is 22.9. The highest BCUT2D eigenvalue weighted by atomic mass is 16.6. The van der Waals surface area contributed by atoms with Gasteiger partial charge < -0.3 is 39.6 Å². The number of aromatic nitrogens is 2. The van der Waals surface area contributed by atoms with E-state index in [9.17, 15) is 34.5 Å². The van der Waals surface area contributed by atoms with Crippen LogP contribution in [-0.4, -0.2) is 100 Å². The Kier molecular flexibility index (Phi) is 10.9. The van der Waals surface area contributed by atoms with Gasteiger partial charge in [0, 0.05) is 12.7 Å². The van der Waals surface area contributed by atoms with Crippen molar-refractivity contribution >= 4 is 23.8 Å². The van der Waals surface area contributed by atoms with Crippen molar-refractivity contribution in [1.82, 2.24) is 14.9 Å². The van der Waals surface area contributed by atoms with Gasteiger partial charge in [-0.1, -0.05) is 18.2 Å². The monoisotopic (exact) mass is 578 g/mol. The van der Waals surface area contributed by atoms with Crippen molar-refractivity contribution in [3.8, 4) is 0 Å². The first-order valence-electron chi connectivity index (χ1n) is 12.7. The van der Waals surface area contributed by atoms with E-state index >= 15 is 0 Å². The Bertz CT molecular complexity index is 1280. The average molecular weight is 579 g/mol. The SMILES string of the molecule is Cc1cccc(C)c1C(=O)OCCOC(=O)CNCCOC(=O)Nc1ccn([C@@H]2O[C@H](CO)[C@@H](O)[C@@]2(C)O)c(=O)n1. The molecule has 1 saturated heterocycles. The molecule has 2 aromatic rings. The molecule has 224 valence electrons. The Hall–Kier alpha value is -3.89. The highest BCUT2D eigenvalue weighted by Crippen LogP contribution is 2.37. The summed E-state index contributed by atoms with van der Waals surface area (Å²) in [7, 11) is 0. The number of anilines is 1. The lowest BCUT2D eigenvalue weighted by molar-refractivity contribution is -0.143. The van der Waals surface area contributed by atoms with E-state index in [0.717, 1.165) is 15.7 Å². The summed E-state index contributed by atoms with van der Waals surface area (Å²) in [6.45, 7) is 3.90. The highest BCUT2D eigenvalue weighted by molar-refractivity contribution is 5.92. The van der Waals surface area contributed by atoms with Crippen molar-refractivity contribution in [3.05, 3.63) is 57.6 Å². The van der Waals surface area contributed by atoms with Gasteiger partial charge in [0.05, 0.1) is 18.7 Å². The molecule has 0 unspecified atom stereocenters. The maximum absolute atomic E-state index is 12.4. The molecule has 1 amide bonds. The number of hydrogen-bond acceptors (Lipinski definition) is 13. The third-order valence-corrected chi connectivity index (χ3v) is 6.29.